The van der Waals surface area contributed by atoms with E-state index >= 15 is 0 Å². The first kappa shape index (κ1) is 19.2. The summed E-state index contributed by atoms with van der Waals surface area (Å²) in [5.41, 5.74) is 1.80. The molecule has 1 amide bonds. The molecule has 28 heavy (non-hydrogen) atoms. The smallest absolute Gasteiger partial charge is 0.244 e. The molecule has 1 heterocycles. The highest BCUT2D eigenvalue weighted by atomic mass is 19.1. The Hall–Kier alpha value is -3.61. The molecule has 0 unspecified atom stereocenters. The minimum Gasteiger partial charge on any atom is -0.497 e. The third kappa shape index (κ3) is 4.56. The number of hydrogen-bond donors (Lipinski definition) is 1. The number of aromatic nitrogens is 2. The molecule has 1 N–H and O–H groups in total. The van der Waals surface area contributed by atoms with Crippen LogP contribution in [0.25, 0.3) is 11.8 Å². The molecule has 7 heteroatoms. The van der Waals surface area contributed by atoms with E-state index in [0.717, 1.165) is 5.56 Å². The van der Waals surface area contributed by atoms with Crippen molar-refractivity contribution in [1.29, 1.82) is 0 Å². The topological polar surface area (TPSA) is 65.4 Å². The van der Waals surface area contributed by atoms with Gasteiger partial charge in [-0.1, -0.05) is 6.07 Å². The van der Waals surface area contributed by atoms with Crippen molar-refractivity contribution in [1.82, 2.24) is 14.9 Å². The molecule has 0 aliphatic rings. The molecule has 0 saturated carbocycles. The molecule has 3 rings (SSSR count). The van der Waals surface area contributed by atoms with Gasteiger partial charge in [0.05, 0.1) is 26.2 Å². The summed E-state index contributed by atoms with van der Waals surface area (Å²) in [5.74, 6) is 0.584. The van der Waals surface area contributed by atoms with Crippen molar-refractivity contribution < 1.29 is 18.7 Å². The molecule has 0 saturated heterocycles. The van der Waals surface area contributed by atoms with Gasteiger partial charge in [0, 0.05) is 36.6 Å². The van der Waals surface area contributed by atoms with Crippen molar-refractivity contribution in [2.75, 3.05) is 14.2 Å². The molecule has 6 nitrogen and oxygen atoms in total. The van der Waals surface area contributed by atoms with E-state index in [4.69, 9.17) is 9.47 Å². The number of ether oxygens (including phenoxy) is 2. The summed E-state index contributed by atoms with van der Waals surface area (Å²) in [6.07, 6.45) is 7.82. The molecule has 0 aliphatic heterocycles. The van der Waals surface area contributed by atoms with Gasteiger partial charge in [0.25, 0.3) is 0 Å². The second-order valence-corrected chi connectivity index (χ2v) is 5.91. The number of methoxy groups -OCH3 is 2. The molecule has 0 fully saturated rings. The fourth-order valence-electron chi connectivity index (χ4n) is 2.64. The molecule has 0 aliphatic carbocycles. The number of benzene rings is 2. The largest absolute Gasteiger partial charge is 0.497 e. The van der Waals surface area contributed by atoms with Gasteiger partial charge in [-0.3, -0.25) is 4.79 Å². The van der Waals surface area contributed by atoms with Crippen LogP contribution in [0.2, 0.25) is 0 Å². The average Bonchev–Trinajstić information content (AvgIpc) is 3.25. The van der Waals surface area contributed by atoms with E-state index in [2.05, 4.69) is 10.3 Å². The Morgan fingerprint density at radius 1 is 1.21 bits per heavy atom. The lowest BCUT2D eigenvalue weighted by Crippen LogP contribution is -2.20. The van der Waals surface area contributed by atoms with E-state index in [1.54, 1.807) is 67.6 Å². The monoisotopic (exact) mass is 381 g/mol. The number of carbonyl (C=O) groups is 1. The van der Waals surface area contributed by atoms with Crippen molar-refractivity contribution in [2.24, 2.45) is 0 Å². The zero-order valence-electron chi connectivity index (χ0n) is 15.6. The highest BCUT2D eigenvalue weighted by Crippen LogP contribution is 2.25. The molecule has 0 spiro atoms. The van der Waals surface area contributed by atoms with E-state index in [1.807, 2.05) is 0 Å². The van der Waals surface area contributed by atoms with Crippen molar-refractivity contribution >= 4 is 12.0 Å². The van der Waals surface area contributed by atoms with E-state index in [-0.39, 0.29) is 18.3 Å². The lowest BCUT2D eigenvalue weighted by Gasteiger charge is -2.08. The first-order valence-electron chi connectivity index (χ1n) is 8.55. The highest BCUT2D eigenvalue weighted by molar-refractivity contribution is 5.92. The van der Waals surface area contributed by atoms with Crippen LogP contribution in [0, 0.1) is 5.82 Å². The lowest BCUT2D eigenvalue weighted by molar-refractivity contribution is -0.116. The van der Waals surface area contributed by atoms with Gasteiger partial charge in [-0.2, -0.15) is 0 Å². The van der Waals surface area contributed by atoms with Crippen molar-refractivity contribution in [2.45, 2.75) is 6.54 Å². The van der Waals surface area contributed by atoms with Gasteiger partial charge in [0.15, 0.2) is 0 Å². The first-order chi connectivity index (χ1) is 13.6. The van der Waals surface area contributed by atoms with Crippen molar-refractivity contribution in [3.05, 3.63) is 78.1 Å². The van der Waals surface area contributed by atoms with Gasteiger partial charge >= 0.3 is 0 Å². The van der Waals surface area contributed by atoms with Gasteiger partial charge in [0.2, 0.25) is 5.91 Å². The van der Waals surface area contributed by atoms with E-state index in [0.29, 0.717) is 22.7 Å². The molecular formula is C21H20FN3O3. The van der Waals surface area contributed by atoms with Gasteiger partial charge in [-0.05, 0) is 35.9 Å². The van der Waals surface area contributed by atoms with E-state index in [9.17, 15) is 9.18 Å². The number of hydrogen-bond acceptors (Lipinski definition) is 4. The summed E-state index contributed by atoms with van der Waals surface area (Å²) in [4.78, 5) is 16.0. The Bertz CT molecular complexity index is 985. The van der Waals surface area contributed by atoms with E-state index < -0.39 is 0 Å². The Labute approximate surface area is 162 Å². The Morgan fingerprint density at radius 2 is 2.07 bits per heavy atom. The SMILES string of the molecule is COc1ccc(C=CC(=O)NCc2ccc(-n3ccnc3)c(F)c2)c(OC)c1. The van der Waals surface area contributed by atoms with Crippen LogP contribution in [0.3, 0.4) is 0 Å². The Kier molecular flexibility index (Phi) is 6.06. The number of carbonyl (C=O) groups excluding carboxylic acids is 1. The fourth-order valence-corrected chi connectivity index (χ4v) is 2.64. The molecule has 0 atom stereocenters. The minimum atomic E-state index is -0.386. The minimum absolute atomic E-state index is 0.212. The van der Waals surface area contributed by atoms with Crippen molar-refractivity contribution in [3.8, 4) is 17.2 Å². The first-order valence-corrected chi connectivity index (χ1v) is 8.55. The number of halogens is 1. The summed E-state index contributed by atoms with van der Waals surface area (Å²) < 4.78 is 26.3. The lowest BCUT2D eigenvalue weighted by atomic mass is 10.1. The average molecular weight is 381 g/mol. The zero-order valence-corrected chi connectivity index (χ0v) is 15.6. The molecule has 0 radical (unpaired) electrons. The van der Waals surface area contributed by atoms with Crippen LogP contribution in [0.5, 0.6) is 11.5 Å². The van der Waals surface area contributed by atoms with Gasteiger partial charge in [-0.25, -0.2) is 9.37 Å². The summed E-state index contributed by atoms with van der Waals surface area (Å²) in [6, 6.07) is 10.1. The second kappa shape index (κ2) is 8.85. The summed E-state index contributed by atoms with van der Waals surface area (Å²) in [6.45, 7) is 0.212. The molecular weight excluding hydrogens is 361 g/mol. The van der Waals surface area contributed by atoms with Gasteiger partial charge in [-0.15, -0.1) is 0 Å². The predicted molar refractivity (Wildman–Crippen MR) is 104 cm³/mol. The fraction of sp³-hybridized carbons (Fsp3) is 0.143. The molecule has 144 valence electrons. The third-order valence-corrected chi connectivity index (χ3v) is 4.12. The zero-order chi connectivity index (χ0) is 19.9. The van der Waals surface area contributed by atoms with Gasteiger partial charge in [0.1, 0.15) is 17.3 Å². The maximum atomic E-state index is 14.3. The van der Waals surface area contributed by atoms with Crippen LogP contribution in [0.1, 0.15) is 11.1 Å². The van der Waals surface area contributed by atoms with Crippen molar-refractivity contribution in [3.63, 3.8) is 0 Å². The molecule has 2 aromatic carbocycles. The van der Waals surface area contributed by atoms with Crippen LogP contribution in [-0.4, -0.2) is 29.7 Å². The summed E-state index contributed by atoms with van der Waals surface area (Å²) in [5, 5.41) is 2.73. The summed E-state index contributed by atoms with van der Waals surface area (Å²) >= 11 is 0. The number of nitrogens with one attached hydrogen (secondary N) is 1. The molecule has 3 aromatic rings. The van der Waals surface area contributed by atoms with Crippen LogP contribution >= 0.6 is 0 Å². The van der Waals surface area contributed by atoms with Crippen LogP contribution in [0.4, 0.5) is 4.39 Å². The van der Waals surface area contributed by atoms with E-state index in [1.165, 1.54) is 18.5 Å². The predicted octanol–water partition coefficient (Wildman–Crippen LogP) is 3.36. The van der Waals surface area contributed by atoms with Crippen LogP contribution in [0.15, 0.2) is 61.2 Å². The van der Waals surface area contributed by atoms with Gasteiger partial charge < -0.3 is 19.4 Å². The number of rotatable bonds is 7. The second-order valence-electron chi connectivity index (χ2n) is 5.91. The Morgan fingerprint density at radius 3 is 2.75 bits per heavy atom. The normalized spacial score (nSPS) is 10.8. The number of nitrogens with zero attached hydrogens (tertiary/aromatic N) is 2. The Balaban J connectivity index is 1.61. The summed E-state index contributed by atoms with van der Waals surface area (Å²) in [7, 11) is 3.12. The third-order valence-electron chi connectivity index (χ3n) is 4.12. The highest BCUT2D eigenvalue weighted by Gasteiger charge is 2.07. The number of imidazole rings is 1. The number of amides is 1. The quantitative estimate of drug-likeness (QED) is 0.638. The van der Waals surface area contributed by atoms with Crippen LogP contribution < -0.4 is 14.8 Å². The van der Waals surface area contributed by atoms with Crippen LogP contribution in [-0.2, 0) is 11.3 Å². The maximum Gasteiger partial charge on any atom is 0.244 e. The maximum absolute atomic E-state index is 14.3. The standard InChI is InChI=1S/C21H20FN3O3/c1-27-17-6-4-16(20(12-17)28-2)5-8-21(26)24-13-15-3-7-19(18(22)11-15)25-10-9-23-14-25/h3-12,14H,13H2,1-2H3,(H,24,26). The molecule has 0 bridgehead atoms. The molecule has 1 aromatic heterocycles.